The summed E-state index contributed by atoms with van der Waals surface area (Å²) in [6.45, 7) is 15.6. The summed E-state index contributed by atoms with van der Waals surface area (Å²) >= 11 is 6.45. The number of imide groups is 1. The number of aryl methyl sites for hydroxylation is 1. The molecule has 0 unspecified atom stereocenters. The van der Waals surface area contributed by atoms with E-state index in [1.54, 1.807) is 20.8 Å². The fourth-order valence-corrected chi connectivity index (χ4v) is 10.7. The van der Waals surface area contributed by atoms with Crippen molar-refractivity contribution in [3.05, 3.63) is 118 Å². The quantitative estimate of drug-likeness (QED) is 0.108. The van der Waals surface area contributed by atoms with Gasteiger partial charge in [0.15, 0.2) is 5.78 Å². The molecule has 3 aliphatic carbocycles. The number of ketones is 1. The van der Waals surface area contributed by atoms with Crippen LogP contribution in [0.4, 0.5) is 10.5 Å². The summed E-state index contributed by atoms with van der Waals surface area (Å²) in [6.07, 6.45) is 8.48. The summed E-state index contributed by atoms with van der Waals surface area (Å²) in [5, 5.41) is 4.19. The average Bonchev–Trinajstić information content (AvgIpc) is 3.55. The second-order valence-corrected chi connectivity index (χ2v) is 21.9. The number of benzene rings is 3. The fraction of sp³-hybridized carbons (Fsp3) is 0.518. The number of pyridine rings is 1. The zero-order chi connectivity index (χ0) is 48.9. The second-order valence-electron chi connectivity index (χ2n) is 21.5. The second kappa shape index (κ2) is 21.1. The molecule has 1 aromatic heterocycles. The van der Waals surface area contributed by atoms with E-state index in [-0.39, 0.29) is 55.0 Å². The summed E-state index contributed by atoms with van der Waals surface area (Å²) in [6, 6.07) is 24.8. The lowest BCUT2D eigenvalue weighted by molar-refractivity contribution is -0.162. The van der Waals surface area contributed by atoms with Gasteiger partial charge < -0.3 is 24.3 Å². The molecule has 2 amide bonds. The topological polar surface area (TPSA) is 133 Å². The zero-order valence-corrected chi connectivity index (χ0v) is 42.0. The minimum absolute atomic E-state index is 0.00417. The molecular formula is C56H70ClN3O8. The van der Waals surface area contributed by atoms with Crippen LogP contribution in [-0.4, -0.2) is 70.1 Å². The monoisotopic (exact) mass is 947 g/mol. The lowest BCUT2D eigenvalue weighted by Gasteiger charge is -2.48. The molecule has 0 radical (unpaired) electrons. The number of esters is 1. The normalized spacial score (nSPS) is 21.5. The van der Waals surface area contributed by atoms with Crippen LogP contribution in [-0.2, 0) is 48.5 Å². The first-order chi connectivity index (χ1) is 32.2. The molecule has 1 fully saturated rings. The van der Waals surface area contributed by atoms with Crippen molar-refractivity contribution in [1.82, 2.24) is 9.88 Å². The number of fused-ring (bicyclic) bond motifs is 3. The molecular weight excluding hydrogens is 878 g/mol. The molecule has 1 N–H and O–H groups in total. The lowest BCUT2D eigenvalue weighted by Crippen LogP contribution is -2.55. The fourth-order valence-electron chi connectivity index (χ4n) is 10.5. The Labute approximate surface area is 408 Å². The van der Waals surface area contributed by atoms with E-state index in [0.717, 1.165) is 59.7 Å². The number of hydrogen-bond donors (Lipinski definition) is 1. The molecule has 1 saturated carbocycles. The SMILES string of the molecule is C[C@@H](COc1ccnc2c1[C@H](C)CCC2)C[C@H]1Cc2ccc(OCC(=O)CCN(C(=O)Cc3ccccc3)C(=O)OC(C)(C)C)cc2C12CCC(Nc1cccc(Cl)c1)(C(=O)OC(C)(C)C)CC2. The molecule has 4 aromatic rings. The van der Waals surface area contributed by atoms with Crippen LogP contribution >= 0.6 is 11.6 Å². The predicted octanol–water partition coefficient (Wildman–Crippen LogP) is 11.8. The van der Waals surface area contributed by atoms with E-state index in [0.29, 0.717) is 49.0 Å². The van der Waals surface area contributed by atoms with E-state index in [9.17, 15) is 19.2 Å². The van der Waals surface area contributed by atoms with Gasteiger partial charge in [0.1, 0.15) is 34.8 Å². The number of anilines is 1. The van der Waals surface area contributed by atoms with E-state index in [1.807, 2.05) is 93.7 Å². The van der Waals surface area contributed by atoms with Gasteiger partial charge in [-0.05, 0) is 176 Å². The van der Waals surface area contributed by atoms with Crippen molar-refractivity contribution in [3.63, 3.8) is 0 Å². The van der Waals surface area contributed by atoms with Gasteiger partial charge in [0, 0.05) is 41.1 Å². The largest absolute Gasteiger partial charge is 0.493 e. The van der Waals surface area contributed by atoms with Crippen LogP contribution in [0, 0.1) is 11.8 Å². The Morgan fingerprint density at radius 2 is 1.62 bits per heavy atom. The minimum Gasteiger partial charge on any atom is -0.493 e. The summed E-state index contributed by atoms with van der Waals surface area (Å²) in [5.41, 5.74) is 3.52. The number of aromatic nitrogens is 1. The predicted molar refractivity (Wildman–Crippen MR) is 266 cm³/mol. The van der Waals surface area contributed by atoms with Crippen LogP contribution < -0.4 is 14.8 Å². The molecule has 0 aliphatic heterocycles. The Balaban J connectivity index is 1.10. The lowest BCUT2D eigenvalue weighted by atomic mass is 9.59. The van der Waals surface area contributed by atoms with Crippen LogP contribution in [0.25, 0.3) is 0 Å². The van der Waals surface area contributed by atoms with Gasteiger partial charge in [-0.15, -0.1) is 0 Å². The first-order valence-corrected chi connectivity index (χ1v) is 24.8. The molecule has 1 heterocycles. The van der Waals surface area contributed by atoms with Crippen molar-refractivity contribution in [2.45, 2.75) is 154 Å². The number of hydrogen-bond acceptors (Lipinski definition) is 10. The highest BCUT2D eigenvalue weighted by Crippen LogP contribution is 2.57. The molecule has 11 nitrogen and oxygen atoms in total. The van der Waals surface area contributed by atoms with Crippen molar-refractivity contribution >= 4 is 41.0 Å². The highest BCUT2D eigenvalue weighted by molar-refractivity contribution is 6.30. The Hall–Kier alpha value is -5.42. The van der Waals surface area contributed by atoms with E-state index >= 15 is 0 Å². The maximum absolute atomic E-state index is 14.4. The van der Waals surface area contributed by atoms with Gasteiger partial charge in [-0.1, -0.05) is 67.9 Å². The molecule has 364 valence electrons. The Kier molecular flexibility index (Phi) is 15.6. The molecule has 3 aliphatic rings. The molecule has 68 heavy (non-hydrogen) atoms. The molecule has 0 bridgehead atoms. The van der Waals surface area contributed by atoms with Crippen LogP contribution in [0.2, 0.25) is 5.02 Å². The third kappa shape index (κ3) is 12.4. The number of ether oxygens (including phenoxy) is 4. The molecule has 7 rings (SSSR count). The maximum Gasteiger partial charge on any atom is 0.417 e. The number of halogens is 1. The standard InChI is InChI=1S/C56H70ClN3O8/c1-37(35-66-48-22-28-58-47-19-12-14-38(2)50(47)48)30-41-32-40-20-21-45(65-36-44(61)23-29-60(52(64)68-54(6,7)8)49(62)31-39-15-10-9-11-16-39)34-46(40)55(41)24-26-56(27-25-55,51(63)67-53(3,4)5)59-43-18-13-17-42(57)33-43/h9-11,13,15-18,20-22,28,33-34,37-38,41,59H,12,14,19,23-27,29-32,35-36H2,1-8H3/t37-,38-,41+,55?,56?/m1/s1. The third-order valence-electron chi connectivity index (χ3n) is 13.8. The molecule has 3 aromatic carbocycles. The Bertz CT molecular complexity index is 2430. The number of rotatable bonds is 16. The van der Waals surface area contributed by atoms with Crippen molar-refractivity contribution in [3.8, 4) is 11.5 Å². The summed E-state index contributed by atoms with van der Waals surface area (Å²) in [5.74, 6) is 1.39. The van der Waals surface area contributed by atoms with Crippen molar-refractivity contribution in [2.24, 2.45) is 11.8 Å². The zero-order valence-electron chi connectivity index (χ0n) is 41.3. The smallest absolute Gasteiger partial charge is 0.417 e. The van der Waals surface area contributed by atoms with Crippen molar-refractivity contribution in [2.75, 3.05) is 25.1 Å². The van der Waals surface area contributed by atoms with Gasteiger partial charge in [0.2, 0.25) is 5.91 Å². The van der Waals surface area contributed by atoms with Gasteiger partial charge in [0.25, 0.3) is 0 Å². The number of Topliss-reactive ketones (excluding diaryl/α,β-unsaturated/α-hetero) is 1. The van der Waals surface area contributed by atoms with Crippen LogP contribution in [0.5, 0.6) is 11.5 Å². The first-order valence-electron chi connectivity index (χ1n) is 24.5. The van der Waals surface area contributed by atoms with Gasteiger partial charge in [-0.2, -0.15) is 0 Å². The number of carbonyl (C=O) groups is 4. The summed E-state index contributed by atoms with van der Waals surface area (Å²) in [7, 11) is 0. The van der Waals surface area contributed by atoms with Crippen molar-refractivity contribution in [1.29, 1.82) is 0 Å². The number of nitrogens with one attached hydrogen (secondary N) is 1. The first kappa shape index (κ1) is 50.5. The molecule has 3 atom stereocenters. The highest BCUT2D eigenvalue weighted by Gasteiger charge is 2.55. The summed E-state index contributed by atoms with van der Waals surface area (Å²) < 4.78 is 24.6. The average molecular weight is 949 g/mol. The van der Waals surface area contributed by atoms with E-state index in [2.05, 4.69) is 31.3 Å². The number of carbonyl (C=O) groups excluding carboxylic acids is 4. The summed E-state index contributed by atoms with van der Waals surface area (Å²) in [4.78, 5) is 60.2. The molecule has 12 heteroatoms. The van der Waals surface area contributed by atoms with Crippen LogP contribution in [0.15, 0.2) is 85.1 Å². The van der Waals surface area contributed by atoms with Gasteiger partial charge in [-0.25, -0.2) is 14.5 Å². The van der Waals surface area contributed by atoms with E-state index in [4.69, 9.17) is 35.5 Å². The molecule has 0 saturated heterocycles. The van der Waals surface area contributed by atoms with Crippen LogP contribution in [0.1, 0.15) is 141 Å². The molecule has 1 spiro atoms. The van der Waals surface area contributed by atoms with Crippen molar-refractivity contribution < 1.29 is 38.1 Å². The maximum atomic E-state index is 14.4. The van der Waals surface area contributed by atoms with E-state index in [1.165, 1.54) is 16.7 Å². The van der Waals surface area contributed by atoms with Gasteiger partial charge in [0.05, 0.1) is 13.0 Å². The Morgan fingerprint density at radius 3 is 2.32 bits per heavy atom. The van der Waals surface area contributed by atoms with E-state index < -0.39 is 28.7 Å². The van der Waals surface area contributed by atoms with Gasteiger partial charge >= 0.3 is 12.1 Å². The highest BCUT2D eigenvalue weighted by atomic mass is 35.5. The minimum atomic E-state index is -0.988. The number of amides is 2. The third-order valence-corrected chi connectivity index (χ3v) is 14.0. The number of nitrogens with zero attached hydrogens (tertiary/aromatic N) is 2. The van der Waals surface area contributed by atoms with Crippen LogP contribution in [0.3, 0.4) is 0 Å². The Morgan fingerprint density at radius 1 is 0.882 bits per heavy atom. The van der Waals surface area contributed by atoms with Gasteiger partial charge in [-0.3, -0.25) is 14.6 Å².